The van der Waals surface area contributed by atoms with Gasteiger partial charge in [0, 0.05) is 54.6 Å². The lowest BCUT2D eigenvalue weighted by Gasteiger charge is -2.37. The quantitative estimate of drug-likeness (QED) is 0.620. The average molecular weight is 429 g/mol. The summed E-state index contributed by atoms with van der Waals surface area (Å²) in [7, 11) is 0. The Labute approximate surface area is 177 Å². The topological polar surface area (TPSA) is 72.1 Å². The SMILES string of the molecule is C[C@@H]1C[C@H](N)CN(c2ccncc2CC(=O)c2csc(-c3c(F)cccc3F)n2)C1. The lowest BCUT2D eigenvalue weighted by molar-refractivity contribution is 0.0989. The molecule has 0 saturated carbocycles. The first-order chi connectivity index (χ1) is 14.4. The van der Waals surface area contributed by atoms with Crippen LogP contribution >= 0.6 is 11.3 Å². The predicted octanol–water partition coefficient (Wildman–Crippen LogP) is 4.08. The first kappa shape index (κ1) is 20.6. The summed E-state index contributed by atoms with van der Waals surface area (Å²) in [5.74, 6) is -1.16. The summed E-state index contributed by atoms with van der Waals surface area (Å²) in [6.07, 6.45) is 4.47. The second-order valence-corrected chi connectivity index (χ2v) is 8.60. The molecule has 0 aliphatic carbocycles. The van der Waals surface area contributed by atoms with Gasteiger partial charge in [-0.15, -0.1) is 11.3 Å². The zero-order chi connectivity index (χ0) is 21.3. The Morgan fingerprint density at radius 1 is 1.27 bits per heavy atom. The largest absolute Gasteiger partial charge is 0.369 e. The number of carbonyl (C=O) groups excluding carboxylic acids is 1. The van der Waals surface area contributed by atoms with E-state index in [0.717, 1.165) is 42.1 Å². The third-order valence-corrected chi connectivity index (χ3v) is 6.09. The minimum absolute atomic E-state index is 0.0854. The number of ketones is 1. The Bertz CT molecular complexity index is 1040. The fourth-order valence-corrected chi connectivity index (χ4v) is 4.81. The van der Waals surface area contributed by atoms with Gasteiger partial charge >= 0.3 is 0 Å². The highest BCUT2D eigenvalue weighted by Crippen LogP contribution is 2.30. The molecule has 0 amide bonds. The monoisotopic (exact) mass is 428 g/mol. The van der Waals surface area contributed by atoms with Crippen LogP contribution in [0.25, 0.3) is 10.6 Å². The number of nitrogens with zero attached hydrogens (tertiary/aromatic N) is 3. The number of Topliss-reactive ketones (excluding diaryl/α,β-unsaturated/α-hetero) is 1. The van der Waals surface area contributed by atoms with Crippen LogP contribution < -0.4 is 10.6 Å². The highest BCUT2D eigenvalue weighted by atomic mass is 32.1. The second-order valence-electron chi connectivity index (χ2n) is 7.74. The normalized spacial score (nSPS) is 19.1. The molecular weight excluding hydrogens is 406 g/mol. The number of aromatic nitrogens is 2. The van der Waals surface area contributed by atoms with Gasteiger partial charge in [-0.25, -0.2) is 13.8 Å². The summed E-state index contributed by atoms with van der Waals surface area (Å²) >= 11 is 1.05. The molecule has 0 radical (unpaired) electrons. The molecule has 4 rings (SSSR count). The smallest absolute Gasteiger partial charge is 0.186 e. The van der Waals surface area contributed by atoms with Crippen LogP contribution in [0, 0.1) is 17.6 Å². The lowest BCUT2D eigenvalue weighted by Crippen LogP contribution is -2.46. The minimum Gasteiger partial charge on any atom is -0.369 e. The third kappa shape index (κ3) is 4.24. The van der Waals surface area contributed by atoms with Gasteiger partial charge in [0.2, 0.25) is 0 Å². The summed E-state index contributed by atoms with van der Waals surface area (Å²) in [5.41, 5.74) is 7.89. The fraction of sp³-hybridized carbons (Fsp3) is 0.318. The van der Waals surface area contributed by atoms with E-state index in [1.165, 1.54) is 18.2 Å². The molecule has 2 aromatic heterocycles. The number of piperidine rings is 1. The fourth-order valence-electron chi connectivity index (χ4n) is 3.94. The van der Waals surface area contributed by atoms with E-state index in [1.54, 1.807) is 17.8 Å². The van der Waals surface area contributed by atoms with Gasteiger partial charge in [-0.1, -0.05) is 13.0 Å². The Kier molecular flexibility index (Phi) is 5.87. The van der Waals surface area contributed by atoms with Crippen molar-refractivity contribution in [2.45, 2.75) is 25.8 Å². The number of anilines is 1. The number of thiazole rings is 1. The van der Waals surface area contributed by atoms with Crippen molar-refractivity contribution >= 4 is 22.8 Å². The number of halogens is 2. The number of hydrogen-bond donors (Lipinski definition) is 1. The number of pyridine rings is 1. The average Bonchev–Trinajstić information content (AvgIpc) is 3.17. The number of carbonyl (C=O) groups is 1. The van der Waals surface area contributed by atoms with Crippen LogP contribution in [0.1, 0.15) is 29.4 Å². The summed E-state index contributed by atoms with van der Waals surface area (Å²) in [6, 6.07) is 5.63. The molecule has 2 N–H and O–H groups in total. The highest BCUT2D eigenvalue weighted by Gasteiger charge is 2.25. The molecule has 30 heavy (non-hydrogen) atoms. The molecule has 156 valence electrons. The summed E-state index contributed by atoms with van der Waals surface area (Å²) in [5, 5.41) is 1.69. The standard InChI is InChI=1S/C22H22F2N4OS/c1-13-7-15(25)11-28(10-13)19-5-6-26-9-14(19)8-20(29)18-12-30-22(27-18)21-16(23)3-2-4-17(21)24/h2-6,9,12-13,15H,7-8,10-11,25H2,1H3/t13-,15+/m1/s1. The van der Waals surface area contributed by atoms with E-state index in [9.17, 15) is 13.6 Å². The van der Waals surface area contributed by atoms with Crippen molar-refractivity contribution in [2.24, 2.45) is 11.7 Å². The third-order valence-electron chi connectivity index (χ3n) is 5.23. The van der Waals surface area contributed by atoms with Crippen molar-refractivity contribution in [1.29, 1.82) is 0 Å². The van der Waals surface area contributed by atoms with E-state index in [-0.39, 0.29) is 34.5 Å². The Morgan fingerprint density at radius 3 is 2.77 bits per heavy atom. The van der Waals surface area contributed by atoms with Crippen LogP contribution in [0.5, 0.6) is 0 Å². The molecule has 0 unspecified atom stereocenters. The maximum absolute atomic E-state index is 14.0. The Hall–Kier alpha value is -2.71. The molecule has 1 aromatic carbocycles. The molecule has 1 saturated heterocycles. The Balaban J connectivity index is 1.57. The maximum Gasteiger partial charge on any atom is 0.186 e. The zero-order valence-electron chi connectivity index (χ0n) is 16.5. The maximum atomic E-state index is 14.0. The molecule has 0 spiro atoms. The van der Waals surface area contributed by atoms with Crippen LogP contribution in [-0.4, -0.2) is 34.9 Å². The van der Waals surface area contributed by atoms with Crippen molar-refractivity contribution in [3.05, 3.63) is 64.9 Å². The summed E-state index contributed by atoms with van der Waals surface area (Å²) in [4.78, 5) is 23.5. The van der Waals surface area contributed by atoms with E-state index in [0.29, 0.717) is 5.92 Å². The van der Waals surface area contributed by atoms with E-state index in [1.807, 2.05) is 6.07 Å². The van der Waals surface area contributed by atoms with Crippen LogP contribution in [0.15, 0.2) is 42.0 Å². The van der Waals surface area contributed by atoms with Gasteiger partial charge in [0.25, 0.3) is 0 Å². The van der Waals surface area contributed by atoms with Gasteiger partial charge in [-0.2, -0.15) is 0 Å². The molecule has 1 aliphatic rings. The zero-order valence-corrected chi connectivity index (χ0v) is 17.3. The van der Waals surface area contributed by atoms with Crippen LogP contribution in [0.4, 0.5) is 14.5 Å². The molecule has 0 bridgehead atoms. The summed E-state index contributed by atoms with van der Waals surface area (Å²) < 4.78 is 28.1. The van der Waals surface area contributed by atoms with E-state index in [4.69, 9.17) is 5.73 Å². The lowest BCUT2D eigenvalue weighted by atomic mass is 9.95. The van der Waals surface area contributed by atoms with E-state index >= 15 is 0 Å². The van der Waals surface area contributed by atoms with E-state index < -0.39 is 11.6 Å². The first-order valence-corrected chi connectivity index (χ1v) is 10.7. The van der Waals surface area contributed by atoms with Gasteiger partial charge in [-0.05, 0) is 30.5 Å². The first-order valence-electron chi connectivity index (χ1n) is 9.79. The molecule has 3 heterocycles. The number of rotatable bonds is 5. The van der Waals surface area contributed by atoms with Crippen molar-refractivity contribution in [3.8, 4) is 10.6 Å². The van der Waals surface area contributed by atoms with Gasteiger partial charge in [0.1, 0.15) is 22.3 Å². The number of nitrogens with two attached hydrogens (primary N) is 1. The Morgan fingerprint density at radius 2 is 2.03 bits per heavy atom. The molecular formula is C22H22F2N4OS. The van der Waals surface area contributed by atoms with Gasteiger partial charge in [0.05, 0.1) is 5.56 Å². The van der Waals surface area contributed by atoms with Crippen molar-refractivity contribution in [3.63, 3.8) is 0 Å². The predicted molar refractivity (Wildman–Crippen MR) is 114 cm³/mol. The van der Waals surface area contributed by atoms with E-state index in [2.05, 4.69) is 21.8 Å². The van der Waals surface area contributed by atoms with Crippen molar-refractivity contribution in [2.75, 3.05) is 18.0 Å². The highest BCUT2D eigenvalue weighted by molar-refractivity contribution is 7.13. The number of benzene rings is 1. The molecule has 1 aliphatic heterocycles. The van der Waals surface area contributed by atoms with Crippen LogP contribution in [0.3, 0.4) is 0 Å². The second kappa shape index (κ2) is 8.57. The molecule has 2 atom stereocenters. The number of hydrogen-bond acceptors (Lipinski definition) is 6. The molecule has 5 nitrogen and oxygen atoms in total. The van der Waals surface area contributed by atoms with Gasteiger partial charge in [0.15, 0.2) is 5.78 Å². The minimum atomic E-state index is -0.701. The van der Waals surface area contributed by atoms with Crippen LogP contribution in [0.2, 0.25) is 0 Å². The molecule has 1 fully saturated rings. The van der Waals surface area contributed by atoms with Crippen molar-refractivity contribution in [1.82, 2.24) is 9.97 Å². The van der Waals surface area contributed by atoms with Crippen molar-refractivity contribution < 1.29 is 13.6 Å². The van der Waals surface area contributed by atoms with Crippen LogP contribution in [-0.2, 0) is 6.42 Å². The summed E-state index contributed by atoms with van der Waals surface area (Å²) in [6.45, 7) is 3.76. The van der Waals surface area contributed by atoms with Gasteiger partial charge in [-0.3, -0.25) is 9.78 Å². The van der Waals surface area contributed by atoms with Gasteiger partial charge < -0.3 is 10.6 Å². The molecule has 3 aromatic rings. The molecule has 8 heteroatoms.